The molecule has 0 saturated carbocycles. The average molecular weight is 294 g/mol. The minimum absolute atomic E-state index is 0.252. The fraction of sp³-hybridized carbons (Fsp3) is 0.235. The second-order valence-electron chi connectivity index (χ2n) is 5.50. The lowest BCUT2D eigenvalue weighted by molar-refractivity contribution is -0.398. The molecule has 110 valence electrons. The number of rotatable bonds is 2. The lowest BCUT2D eigenvalue weighted by Crippen LogP contribution is -2.25. The molecule has 0 saturated heterocycles. The fourth-order valence-electron chi connectivity index (χ4n) is 2.61. The molecule has 1 aliphatic rings. The van der Waals surface area contributed by atoms with E-state index in [1.807, 2.05) is 36.5 Å². The molecule has 22 heavy (non-hydrogen) atoms. The number of nitrogens with zero attached hydrogens (tertiary/aromatic N) is 2. The van der Waals surface area contributed by atoms with Crippen molar-refractivity contribution in [2.75, 3.05) is 0 Å². The van der Waals surface area contributed by atoms with E-state index >= 15 is 0 Å². The van der Waals surface area contributed by atoms with Crippen LogP contribution in [0.25, 0.3) is 22.8 Å². The number of ether oxygens (including phenoxy) is 1. The zero-order valence-electron chi connectivity index (χ0n) is 12.2. The molecule has 3 aromatic rings. The smallest absolute Gasteiger partial charge is 0.369 e. The van der Waals surface area contributed by atoms with E-state index in [4.69, 9.17) is 9.26 Å². The van der Waals surface area contributed by atoms with Crippen molar-refractivity contribution in [1.29, 1.82) is 0 Å². The maximum atomic E-state index is 5.77. The average Bonchev–Trinajstić information content (AvgIpc) is 3.05. The standard InChI is InChI=1S/C17H15N3O2/c1-11-7-8-13-9-14(10-18-16(13)21-11)17-19-15(20-22-17)12-5-3-2-4-6-12/h2-6,9-11H,7-8H2,1H3/p+1. The highest BCUT2D eigenvalue weighted by molar-refractivity contribution is 5.59. The zero-order chi connectivity index (χ0) is 14.9. The number of aromatic nitrogens is 3. The predicted molar refractivity (Wildman–Crippen MR) is 80.1 cm³/mol. The summed E-state index contributed by atoms with van der Waals surface area (Å²) in [6.07, 6.45) is 4.10. The Morgan fingerprint density at radius 2 is 2.05 bits per heavy atom. The second kappa shape index (κ2) is 5.26. The first-order valence-corrected chi connectivity index (χ1v) is 7.40. The molecular weight excluding hydrogens is 278 g/mol. The van der Waals surface area contributed by atoms with E-state index in [1.165, 1.54) is 0 Å². The molecule has 2 aromatic heterocycles. The van der Waals surface area contributed by atoms with E-state index in [0.717, 1.165) is 35.4 Å². The summed E-state index contributed by atoms with van der Waals surface area (Å²) in [6, 6.07) is 11.8. The van der Waals surface area contributed by atoms with Crippen molar-refractivity contribution < 1.29 is 14.2 Å². The Morgan fingerprint density at radius 1 is 1.18 bits per heavy atom. The monoisotopic (exact) mass is 294 g/mol. The minimum atomic E-state index is 0.252. The van der Waals surface area contributed by atoms with Gasteiger partial charge in [-0.3, -0.25) is 0 Å². The Kier molecular flexibility index (Phi) is 3.11. The molecule has 5 nitrogen and oxygen atoms in total. The molecule has 0 bridgehead atoms. The highest BCUT2D eigenvalue weighted by atomic mass is 16.5. The van der Waals surface area contributed by atoms with Crippen molar-refractivity contribution in [2.24, 2.45) is 0 Å². The number of H-pyrrole nitrogens is 1. The van der Waals surface area contributed by atoms with Gasteiger partial charge in [0.2, 0.25) is 5.82 Å². The summed E-state index contributed by atoms with van der Waals surface area (Å²) < 4.78 is 11.2. The normalized spacial score (nSPS) is 16.9. The van der Waals surface area contributed by atoms with E-state index in [9.17, 15) is 0 Å². The number of nitrogens with one attached hydrogen (secondary N) is 1. The van der Waals surface area contributed by atoms with Crippen molar-refractivity contribution in [3.8, 4) is 28.7 Å². The molecule has 0 radical (unpaired) electrons. The summed E-state index contributed by atoms with van der Waals surface area (Å²) in [5.74, 6) is 1.94. The van der Waals surface area contributed by atoms with Crippen LogP contribution in [0.4, 0.5) is 0 Å². The van der Waals surface area contributed by atoms with Gasteiger partial charge in [0.1, 0.15) is 11.7 Å². The van der Waals surface area contributed by atoms with Crippen LogP contribution in [0.3, 0.4) is 0 Å². The predicted octanol–water partition coefficient (Wildman–Crippen LogP) is 2.93. The molecule has 5 heteroatoms. The Hall–Kier alpha value is -2.69. The summed E-state index contributed by atoms with van der Waals surface area (Å²) in [5.41, 5.74) is 2.97. The fourth-order valence-corrected chi connectivity index (χ4v) is 2.61. The molecule has 0 spiro atoms. The van der Waals surface area contributed by atoms with Crippen LogP contribution in [0, 0.1) is 0 Å². The van der Waals surface area contributed by atoms with Crippen molar-refractivity contribution >= 4 is 0 Å². The first kappa shape index (κ1) is 13.0. The van der Waals surface area contributed by atoms with Crippen LogP contribution in [0.15, 0.2) is 47.1 Å². The minimum Gasteiger partial charge on any atom is -0.441 e. The van der Waals surface area contributed by atoms with Gasteiger partial charge in [-0.25, -0.2) is 0 Å². The van der Waals surface area contributed by atoms with Crippen LogP contribution in [-0.4, -0.2) is 16.2 Å². The van der Waals surface area contributed by atoms with Gasteiger partial charge in [-0.05, 0) is 25.8 Å². The second-order valence-corrected chi connectivity index (χ2v) is 5.50. The van der Waals surface area contributed by atoms with Crippen LogP contribution >= 0.6 is 0 Å². The quantitative estimate of drug-likeness (QED) is 0.729. The van der Waals surface area contributed by atoms with Crippen LogP contribution in [0.5, 0.6) is 5.88 Å². The molecule has 0 aliphatic carbocycles. The van der Waals surface area contributed by atoms with Crippen molar-refractivity contribution in [3.05, 3.63) is 48.2 Å². The van der Waals surface area contributed by atoms with Crippen LogP contribution in [0.2, 0.25) is 0 Å². The molecule has 0 amide bonds. The van der Waals surface area contributed by atoms with Gasteiger partial charge < -0.3 is 9.26 Å². The topological polar surface area (TPSA) is 62.3 Å². The van der Waals surface area contributed by atoms with Crippen molar-refractivity contribution in [2.45, 2.75) is 25.9 Å². The van der Waals surface area contributed by atoms with Gasteiger partial charge >= 0.3 is 5.88 Å². The van der Waals surface area contributed by atoms with E-state index in [-0.39, 0.29) is 6.10 Å². The highest BCUT2D eigenvalue weighted by Gasteiger charge is 2.24. The summed E-state index contributed by atoms with van der Waals surface area (Å²) in [6.45, 7) is 2.08. The molecule has 1 aromatic carbocycles. The summed E-state index contributed by atoms with van der Waals surface area (Å²) >= 11 is 0. The molecular formula is C17H16N3O2+. The molecule has 1 N–H and O–H groups in total. The van der Waals surface area contributed by atoms with Gasteiger partial charge in [0, 0.05) is 5.56 Å². The van der Waals surface area contributed by atoms with E-state index < -0.39 is 0 Å². The number of fused-ring (bicyclic) bond motifs is 1. The number of benzene rings is 1. The van der Waals surface area contributed by atoms with Crippen LogP contribution < -0.4 is 9.72 Å². The van der Waals surface area contributed by atoms with Gasteiger partial charge in [-0.1, -0.05) is 35.5 Å². The first-order chi connectivity index (χ1) is 10.8. The SMILES string of the molecule is CC1CCc2cc(-c3nc(-c4ccccc4)no3)c[nH+]c2O1. The van der Waals surface area contributed by atoms with Crippen LogP contribution in [-0.2, 0) is 6.42 Å². The third kappa shape index (κ3) is 2.35. The van der Waals surface area contributed by atoms with Crippen molar-refractivity contribution in [1.82, 2.24) is 10.1 Å². The third-order valence-corrected chi connectivity index (χ3v) is 3.82. The van der Waals surface area contributed by atoms with E-state index in [1.54, 1.807) is 0 Å². The van der Waals surface area contributed by atoms with Gasteiger partial charge in [-0.2, -0.15) is 9.97 Å². The van der Waals surface area contributed by atoms with Crippen LogP contribution in [0.1, 0.15) is 18.9 Å². The largest absolute Gasteiger partial charge is 0.441 e. The lowest BCUT2D eigenvalue weighted by Gasteiger charge is -2.18. The molecule has 1 unspecified atom stereocenters. The molecule has 3 heterocycles. The maximum absolute atomic E-state index is 5.77. The van der Waals surface area contributed by atoms with Gasteiger partial charge in [-0.15, -0.1) is 0 Å². The third-order valence-electron chi connectivity index (χ3n) is 3.82. The maximum Gasteiger partial charge on any atom is 0.369 e. The number of aryl methyl sites for hydroxylation is 1. The van der Waals surface area contributed by atoms with Gasteiger partial charge in [0.05, 0.1) is 5.56 Å². The summed E-state index contributed by atoms with van der Waals surface area (Å²) in [5, 5.41) is 4.06. The Morgan fingerprint density at radius 3 is 2.91 bits per heavy atom. The number of hydrogen-bond acceptors (Lipinski definition) is 4. The van der Waals surface area contributed by atoms with Gasteiger partial charge in [0.15, 0.2) is 6.20 Å². The Labute approximate surface area is 128 Å². The number of aromatic amines is 1. The lowest BCUT2D eigenvalue weighted by atomic mass is 10.0. The first-order valence-electron chi connectivity index (χ1n) is 7.40. The number of pyridine rings is 1. The molecule has 0 fully saturated rings. The number of hydrogen-bond donors (Lipinski definition) is 0. The molecule has 1 atom stereocenters. The molecule has 4 rings (SSSR count). The van der Waals surface area contributed by atoms with Gasteiger partial charge in [0.25, 0.3) is 5.89 Å². The Bertz CT molecular complexity index is 799. The Balaban J connectivity index is 1.67. The van der Waals surface area contributed by atoms with Crippen molar-refractivity contribution in [3.63, 3.8) is 0 Å². The summed E-state index contributed by atoms with van der Waals surface area (Å²) in [7, 11) is 0. The summed E-state index contributed by atoms with van der Waals surface area (Å²) in [4.78, 5) is 7.66. The highest BCUT2D eigenvalue weighted by Crippen LogP contribution is 2.27. The van der Waals surface area contributed by atoms with E-state index in [2.05, 4.69) is 28.1 Å². The van der Waals surface area contributed by atoms with E-state index in [0.29, 0.717) is 11.7 Å². The molecule has 1 aliphatic heterocycles. The zero-order valence-corrected chi connectivity index (χ0v) is 12.2.